The van der Waals surface area contributed by atoms with Gasteiger partial charge in [-0.3, -0.25) is 4.79 Å². The molecule has 0 bridgehead atoms. The number of carboxylic acids is 1. The van der Waals surface area contributed by atoms with Gasteiger partial charge < -0.3 is 10.8 Å². The van der Waals surface area contributed by atoms with Crippen LogP contribution in [0.4, 0.5) is 4.39 Å². The molecule has 18 heavy (non-hydrogen) atoms. The highest BCUT2D eigenvalue weighted by atomic mass is 19.1. The van der Waals surface area contributed by atoms with Crippen LogP contribution in [0.5, 0.6) is 0 Å². The molecule has 6 nitrogen and oxygen atoms in total. The summed E-state index contributed by atoms with van der Waals surface area (Å²) >= 11 is 0. The molecule has 1 aromatic heterocycles. The van der Waals surface area contributed by atoms with Crippen molar-refractivity contribution in [3.05, 3.63) is 23.0 Å². The monoisotopic (exact) mass is 252 g/mol. The van der Waals surface area contributed by atoms with E-state index >= 15 is 0 Å². The summed E-state index contributed by atoms with van der Waals surface area (Å²) < 4.78 is 13.8. The number of hydrogen-bond donors (Lipinski definition) is 2. The molecule has 0 saturated heterocycles. The molecule has 0 unspecified atom stereocenters. The molecule has 3 N–H and O–H groups in total. The Bertz CT molecular complexity index is 609. The molecular formula is C11H13FN4O2. The lowest BCUT2D eigenvalue weighted by molar-refractivity contribution is -0.136. The fourth-order valence-electron chi connectivity index (χ4n) is 1.87. The van der Waals surface area contributed by atoms with E-state index in [2.05, 4.69) is 10.2 Å². The van der Waals surface area contributed by atoms with E-state index in [9.17, 15) is 9.18 Å². The standard InChI is InChI=1S/C11H13FN4O2/c1-2-16-14-9-4-8(12)6(3-10(17)18)7(5-13)11(9)15-16/h4H,2-3,5,13H2,1H3,(H,17,18). The normalized spacial score (nSPS) is 11.1. The largest absolute Gasteiger partial charge is 0.481 e. The number of nitrogens with zero attached hydrogens (tertiary/aromatic N) is 3. The number of aryl methyl sites for hydroxylation is 1. The Kier molecular flexibility index (Phi) is 3.24. The first-order chi connectivity index (χ1) is 8.56. The third-order valence-corrected chi connectivity index (χ3v) is 2.70. The molecular weight excluding hydrogens is 239 g/mol. The van der Waals surface area contributed by atoms with Gasteiger partial charge in [-0.2, -0.15) is 15.0 Å². The molecule has 0 fully saturated rings. The maximum Gasteiger partial charge on any atom is 0.307 e. The van der Waals surface area contributed by atoms with E-state index in [1.165, 1.54) is 10.9 Å². The van der Waals surface area contributed by atoms with Crippen molar-refractivity contribution in [3.63, 3.8) is 0 Å². The molecule has 96 valence electrons. The summed E-state index contributed by atoms with van der Waals surface area (Å²) in [7, 11) is 0. The molecule has 0 aliphatic heterocycles. The van der Waals surface area contributed by atoms with Gasteiger partial charge in [-0.25, -0.2) is 4.39 Å². The highest BCUT2D eigenvalue weighted by molar-refractivity contribution is 5.81. The summed E-state index contributed by atoms with van der Waals surface area (Å²) in [5.41, 5.74) is 6.93. The van der Waals surface area contributed by atoms with Crippen molar-refractivity contribution < 1.29 is 14.3 Å². The van der Waals surface area contributed by atoms with E-state index in [-0.39, 0.29) is 12.1 Å². The molecule has 0 radical (unpaired) electrons. The maximum absolute atomic E-state index is 13.8. The second-order valence-corrected chi connectivity index (χ2v) is 3.85. The molecule has 0 spiro atoms. The number of benzene rings is 1. The second kappa shape index (κ2) is 4.69. The minimum Gasteiger partial charge on any atom is -0.481 e. The van der Waals surface area contributed by atoms with Gasteiger partial charge in [0, 0.05) is 23.7 Å². The Balaban J connectivity index is 2.69. The number of aliphatic carboxylic acids is 1. The SMILES string of the molecule is CCn1nc2cc(F)c(CC(=O)O)c(CN)c2n1. The van der Waals surface area contributed by atoms with E-state index in [0.29, 0.717) is 23.1 Å². The van der Waals surface area contributed by atoms with Crippen LogP contribution in [0, 0.1) is 5.82 Å². The Labute approximate surface area is 102 Å². The molecule has 0 amide bonds. The van der Waals surface area contributed by atoms with Gasteiger partial charge in [0.15, 0.2) is 0 Å². The molecule has 0 atom stereocenters. The minimum atomic E-state index is -1.11. The summed E-state index contributed by atoms with van der Waals surface area (Å²) in [6, 6.07) is 1.20. The van der Waals surface area contributed by atoms with Gasteiger partial charge in [-0.05, 0) is 6.92 Å². The molecule has 0 aliphatic carbocycles. The molecule has 0 aliphatic rings. The third-order valence-electron chi connectivity index (χ3n) is 2.70. The van der Waals surface area contributed by atoms with Crippen molar-refractivity contribution >= 4 is 17.0 Å². The van der Waals surface area contributed by atoms with Crippen LogP contribution in [0.25, 0.3) is 11.0 Å². The quantitative estimate of drug-likeness (QED) is 0.834. The van der Waals surface area contributed by atoms with Crippen LogP contribution in [0.1, 0.15) is 18.1 Å². The highest BCUT2D eigenvalue weighted by Crippen LogP contribution is 2.23. The zero-order valence-corrected chi connectivity index (χ0v) is 9.85. The highest BCUT2D eigenvalue weighted by Gasteiger charge is 2.18. The Morgan fingerprint density at radius 2 is 2.22 bits per heavy atom. The predicted octanol–water partition coefficient (Wildman–Crippen LogP) is 0.676. The van der Waals surface area contributed by atoms with E-state index in [1.54, 1.807) is 0 Å². The molecule has 1 aromatic carbocycles. The number of aromatic nitrogens is 3. The molecule has 2 rings (SSSR count). The minimum absolute atomic E-state index is 0.0271. The van der Waals surface area contributed by atoms with Gasteiger partial charge in [-0.15, -0.1) is 0 Å². The van der Waals surface area contributed by atoms with Crippen molar-refractivity contribution in [3.8, 4) is 0 Å². The average molecular weight is 252 g/mol. The van der Waals surface area contributed by atoms with Crippen LogP contribution >= 0.6 is 0 Å². The smallest absolute Gasteiger partial charge is 0.307 e. The van der Waals surface area contributed by atoms with Crippen molar-refractivity contribution in [2.45, 2.75) is 26.4 Å². The molecule has 0 saturated carbocycles. The van der Waals surface area contributed by atoms with Gasteiger partial charge in [0.05, 0.1) is 13.0 Å². The van der Waals surface area contributed by atoms with E-state index < -0.39 is 18.2 Å². The predicted molar refractivity (Wildman–Crippen MR) is 62.4 cm³/mol. The fraction of sp³-hybridized carbons (Fsp3) is 0.364. The van der Waals surface area contributed by atoms with Crippen molar-refractivity contribution in [1.82, 2.24) is 15.0 Å². The number of nitrogens with two attached hydrogens (primary N) is 1. The fourth-order valence-corrected chi connectivity index (χ4v) is 1.87. The van der Waals surface area contributed by atoms with Gasteiger partial charge in [0.1, 0.15) is 16.9 Å². The van der Waals surface area contributed by atoms with Gasteiger partial charge in [0.25, 0.3) is 0 Å². The average Bonchev–Trinajstić information content (AvgIpc) is 2.72. The molecule has 7 heteroatoms. The van der Waals surface area contributed by atoms with Crippen molar-refractivity contribution in [1.29, 1.82) is 0 Å². The van der Waals surface area contributed by atoms with Gasteiger partial charge >= 0.3 is 5.97 Å². The number of carbonyl (C=O) groups is 1. The topological polar surface area (TPSA) is 94.0 Å². The number of halogens is 1. The van der Waals surface area contributed by atoms with E-state index in [1.807, 2.05) is 6.92 Å². The Morgan fingerprint density at radius 3 is 2.78 bits per heavy atom. The first-order valence-corrected chi connectivity index (χ1v) is 5.53. The summed E-state index contributed by atoms with van der Waals surface area (Å²) in [6.45, 7) is 2.43. The first-order valence-electron chi connectivity index (χ1n) is 5.53. The molecule has 2 aromatic rings. The van der Waals surface area contributed by atoms with Crippen LogP contribution < -0.4 is 5.73 Å². The maximum atomic E-state index is 13.8. The van der Waals surface area contributed by atoms with Crippen LogP contribution in [-0.4, -0.2) is 26.1 Å². The van der Waals surface area contributed by atoms with Gasteiger partial charge in [0.2, 0.25) is 0 Å². The number of carboxylic acid groups (broad SMARTS) is 1. The Hall–Kier alpha value is -2.02. The lowest BCUT2D eigenvalue weighted by atomic mass is 10.0. The van der Waals surface area contributed by atoms with Crippen molar-refractivity contribution in [2.24, 2.45) is 5.73 Å². The summed E-state index contributed by atoms with van der Waals surface area (Å²) in [4.78, 5) is 12.2. The number of fused-ring (bicyclic) bond motifs is 1. The van der Waals surface area contributed by atoms with E-state index in [4.69, 9.17) is 10.8 Å². The van der Waals surface area contributed by atoms with Crippen LogP contribution in [0.3, 0.4) is 0 Å². The van der Waals surface area contributed by atoms with E-state index in [0.717, 1.165) is 0 Å². The van der Waals surface area contributed by atoms with Crippen LogP contribution in [-0.2, 0) is 24.3 Å². The zero-order valence-electron chi connectivity index (χ0n) is 9.85. The van der Waals surface area contributed by atoms with Crippen molar-refractivity contribution in [2.75, 3.05) is 0 Å². The van der Waals surface area contributed by atoms with Crippen LogP contribution in [0.15, 0.2) is 6.07 Å². The van der Waals surface area contributed by atoms with Gasteiger partial charge in [-0.1, -0.05) is 0 Å². The Morgan fingerprint density at radius 1 is 1.50 bits per heavy atom. The second-order valence-electron chi connectivity index (χ2n) is 3.85. The summed E-state index contributed by atoms with van der Waals surface area (Å²) in [5.74, 6) is -1.71. The zero-order chi connectivity index (χ0) is 13.3. The number of hydrogen-bond acceptors (Lipinski definition) is 4. The number of rotatable bonds is 4. The summed E-state index contributed by atoms with van der Waals surface area (Å²) in [6.07, 6.45) is -0.409. The molecule has 1 heterocycles. The lowest BCUT2D eigenvalue weighted by Gasteiger charge is -2.07. The van der Waals surface area contributed by atoms with Crippen LogP contribution in [0.2, 0.25) is 0 Å². The summed E-state index contributed by atoms with van der Waals surface area (Å²) in [5, 5.41) is 17.0. The third kappa shape index (κ3) is 2.04. The first kappa shape index (κ1) is 12.4. The lowest BCUT2D eigenvalue weighted by Crippen LogP contribution is -2.10.